The van der Waals surface area contributed by atoms with Crippen LogP contribution in [0.1, 0.15) is 31.9 Å². The summed E-state index contributed by atoms with van der Waals surface area (Å²) in [6.45, 7) is 3.42. The molecule has 0 aliphatic carbocycles. The van der Waals surface area contributed by atoms with Gasteiger partial charge in [-0.25, -0.2) is 4.98 Å². The third-order valence-corrected chi connectivity index (χ3v) is 8.85. The SMILES string of the molecule is CCC(c1ccccc1)N(C(C)=O)c1cccc([As](=O)(O)OO)c1.c1ccc(-c2ccc3ccccc3n2)cc1. The van der Waals surface area contributed by atoms with Gasteiger partial charge in [0.25, 0.3) is 0 Å². The van der Waals surface area contributed by atoms with Crippen molar-refractivity contribution in [2.45, 2.75) is 26.3 Å². The predicted molar refractivity (Wildman–Crippen MR) is 158 cm³/mol. The molecule has 0 saturated carbocycles. The topological polar surface area (TPSA) is 100.0 Å². The first-order valence-corrected chi connectivity index (χ1v) is 16.2. The van der Waals surface area contributed by atoms with E-state index >= 15 is 0 Å². The van der Waals surface area contributed by atoms with Gasteiger partial charge in [-0.2, -0.15) is 0 Å². The molecule has 40 heavy (non-hydrogen) atoms. The molecule has 0 aliphatic heterocycles. The standard InChI is InChI=1S/C17H20AsNO5.C15H11N/c1-3-17(14-8-5-4-6-9-14)19(13(2)20)16-11-7-10-15(12-16)18(21,22)24-23;1-2-6-12(7-3-1)15-11-10-13-8-4-5-9-14(13)16-15/h4-12,17,23H,3H2,1-2H3,(H,21,22);1-11H. The number of benzene rings is 4. The van der Waals surface area contributed by atoms with Crippen molar-refractivity contribution in [2.75, 3.05) is 4.90 Å². The molecule has 2 unspecified atom stereocenters. The molecule has 5 rings (SSSR count). The molecule has 0 bridgehead atoms. The molecular weight excluding hydrogens is 567 g/mol. The second-order valence-corrected chi connectivity index (χ2v) is 12.7. The number of pyridine rings is 1. The molecule has 0 saturated heterocycles. The third-order valence-electron chi connectivity index (χ3n) is 6.43. The first kappa shape index (κ1) is 29.0. The van der Waals surface area contributed by atoms with Crippen molar-refractivity contribution in [1.29, 1.82) is 0 Å². The first-order valence-electron chi connectivity index (χ1n) is 12.9. The average Bonchev–Trinajstić information content (AvgIpc) is 3.00. The fraction of sp³-hybridized carbons (Fsp3) is 0.125. The van der Waals surface area contributed by atoms with E-state index in [1.165, 1.54) is 24.4 Å². The van der Waals surface area contributed by atoms with Gasteiger partial charge in [-0.1, -0.05) is 54.6 Å². The Labute approximate surface area is 236 Å². The molecule has 1 amide bonds. The van der Waals surface area contributed by atoms with E-state index in [2.05, 4.69) is 39.2 Å². The van der Waals surface area contributed by atoms with E-state index in [1.54, 1.807) is 17.0 Å². The average molecular weight is 599 g/mol. The monoisotopic (exact) mass is 598 g/mol. The van der Waals surface area contributed by atoms with E-state index in [4.69, 9.17) is 5.26 Å². The Bertz CT molecular complexity index is 1610. The van der Waals surface area contributed by atoms with Crippen molar-refractivity contribution >= 4 is 41.0 Å². The number of aromatic nitrogens is 1. The quantitative estimate of drug-likeness (QED) is 0.132. The summed E-state index contributed by atoms with van der Waals surface area (Å²) in [5.41, 5.74) is 4.68. The molecule has 5 aromatic rings. The van der Waals surface area contributed by atoms with Gasteiger partial charge in [0.2, 0.25) is 0 Å². The van der Waals surface area contributed by atoms with Gasteiger partial charge in [0, 0.05) is 10.9 Å². The zero-order valence-electron chi connectivity index (χ0n) is 22.3. The van der Waals surface area contributed by atoms with Crippen molar-refractivity contribution < 1.29 is 21.8 Å². The summed E-state index contributed by atoms with van der Waals surface area (Å²) >= 11 is -4.99. The van der Waals surface area contributed by atoms with Crippen LogP contribution < -0.4 is 9.25 Å². The Balaban J connectivity index is 0.000000199. The maximum Gasteiger partial charge on any atom is 0.0709 e. The smallest absolute Gasteiger partial charge is 0.0709 e. The molecular formula is C32H31AsN2O5. The normalized spacial score (nSPS) is 13.0. The van der Waals surface area contributed by atoms with Gasteiger partial charge < -0.3 is 0 Å². The molecule has 0 radical (unpaired) electrons. The minimum Gasteiger partial charge on any atom is -0.248 e. The number of carbonyl (C=O) groups excluding carboxylic acids is 1. The molecule has 4 aromatic carbocycles. The Morgan fingerprint density at radius 2 is 1.52 bits per heavy atom. The van der Waals surface area contributed by atoms with Crippen molar-refractivity contribution in [1.82, 2.24) is 4.98 Å². The molecule has 204 valence electrons. The Hall–Kier alpha value is -4.00. The number of hydrogen-bond donors (Lipinski definition) is 2. The van der Waals surface area contributed by atoms with Crippen molar-refractivity contribution in [3.05, 3.63) is 127 Å². The van der Waals surface area contributed by atoms with Crippen molar-refractivity contribution in [3.63, 3.8) is 0 Å². The fourth-order valence-electron chi connectivity index (χ4n) is 4.53. The Morgan fingerprint density at radius 1 is 0.875 bits per heavy atom. The van der Waals surface area contributed by atoms with E-state index in [1.807, 2.05) is 73.7 Å². The number of hydrogen-bond acceptors (Lipinski definition) is 5. The number of carbonyl (C=O) groups is 1. The van der Waals surface area contributed by atoms with Gasteiger partial charge >= 0.3 is 143 Å². The van der Waals surface area contributed by atoms with E-state index < -0.39 is 14.2 Å². The zero-order valence-corrected chi connectivity index (χ0v) is 24.2. The minimum absolute atomic E-state index is 0.0257. The van der Waals surface area contributed by atoms with Gasteiger partial charge in [0.1, 0.15) is 0 Å². The molecule has 1 heterocycles. The molecule has 0 aliphatic rings. The van der Waals surface area contributed by atoms with Crippen LogP contribution in [0, 0.1) is 0 Å². The van der Waals surface area contributed by atoms with Crippen LogP contribution in [0.2, 0.25) is 0 Å². The fourth-order valence-corrected chi connectivity index (χ4v) is 5.92. The van der Waals surface area contributed by atoms with Crippen LogP contribution in [0.3, 0.4) is 0 Å². The molecule has 0 fully saturated rings. The van der Waals surface area contributed by atoms with Gasteiger partial charge in [-0.15, -0.1) is 0 Å². The summed E-state index contributed by atoms with van der Waals surface area (Å²) in [4.78, 5) is 18.5. The Morgan fingerprint density at radius 3 is 2.17 bits per heavy atom. The minimum atomic E-state index is -4.99. The number of anilines is 1. The number of para-hydroxylation sites is 1. The van der Waals surface area contributed by atoms with Crippen LogP contribution in [0.15, 0.2) is 121 Å². The van der Waals surface area contributed by atoms with E-state index in [9.17, 15) is 12.6 Å². The largest absolute Gasteiger partial charge is 0.248 e. The van der Waals surface area contributed by atoms with Crippen molar-refractivity contribution in [3.8, 4) is 11.3 Å². The number of rotatable bonds is 7. The van der Waals surface area contributed by atoms with Crippen LogP contribution in [0.4, 0.5) is 5.69 Å². The maximum atomic E-state index is 12.3. The predicted octanol–water partition coefficient (Wildman–Crippen LogP) is 6.15. The van der Waals surface area contributed by atoms with E-state index in [0.717, 1.165) is 22.3 Å². The van der Waals surface area contributed by atoms with Gasteiger partial charge in [0.05, 0.1) is 11.2 Å². The third kappa shape index (κ3) is 6.95. The number of nitrogens with zero attached hydrogens (tertiary/aromatic N) is 2. The summed E-state index contributed by atoms with van der Waals surface area (Å²) in [7, 11) is 0. The molecule has 8 heteroatoms. The van der Waals surface area contributed by atoms with Crippen LogP contribution >= 0.6 is 0 Å². The van der Waals surface area contributed by atoms with E-state index in [0.29, 0.717) is 12.1 Å². The second kappa shape index (κ2) is 13.4. The zero-order chi connectivity index (χ0) is 28.5. The summed E-state index contributed by atoms with van der Waals surface area (Å²) in [5, 5.41) is 9.84. The number of amides is 1. The molecule has 2 N–H and O–H groups in total. The molecule has 0 spiro atoms. The van der Waals surface area contributed by atoms with Crippen LogP contribution in [0.25, 0.3) is 22.2 Å². The van der Waals surface area contributed by atoms with E-state index in [-0.39, 0.29) is 16.3 Å². The summed E-state index contributed by atoms with van der Waals surface area (Å²) in [5.74, 6) is -0.187. The van der Waals surface area contributed by atoms with Crippen LogP contribution in [-0.2, 0) is 12.4 Å². The van der Waals surface area contributed by atoms with Crippen molar-refractivity contribution in [2.24, 2.45) is 0 Å². The van der Waals surface area contributed by atoms with Crippen LogP contribution in [0.5, 0.6) is 0 Å². The summed E-state index contributed by atoms with van der Waals surface area (Å²) in [6.07, 6.45) is 0.673. The summed E-state index contributed by atoms with van der Waals surface area (Å²) < 4.78 is 25.3. The molecule has 7 nitrogen and oxygen atoms in total. The van der Waals surface area contributed by atoms with Gasteiger partial charge in [0.15, 0.2) is 0 Å². The summed E-state index contributed by atoms with van der Waals surface area (Å²) in [6, 6.07) is 38.0. The first-order chi connectivity index (χ1) is 19.3. The second-order valence-electron chi connectivity index (χ2n) is 9.10. The Kier molecular flexibility index (Phi) is 9.69. The maximum absolute atomic E-state index is 12.3. The van der Waals surface area contributed by atoms with Gasteiger partial charge in [-0.3, -0.25) is 0 Å². The molecule has 2 atom stereocenters. The van der Waals surface area contributed by atoms with Crippen LogP contribution in [-0.4, -0.2) is 34.4 Å². The molecule has 1 aromatic heterocycles. The number of fused-ring (bicyclic) bond motifs is 1. The van der Waals surface area contributed by atoms with Gasteiger partial charge in [-0.05, 0) is 12.1 Å².